The zero-order valence-electron chi connectivity index (χ0n) is 25.3. The third kappa shape index (κ3) is 4.60. The Morgan fingerprint density at radius 2 is 2.00 bits per heavy atom. The van der Waals surface area contributed by atoms with Crippen LogP contribution in [0.25, 0.3) is 6.08 Å². The maximum Gasteiger partial charge on any atom is 0.308 e. The van der Waals surface area contributed by atoms with Crippen molar-refractivity contribution >= 4 is 23.9 Å². The first-order valence-electron chi connectivity index (χ1n) is 15.2. The Bertz CT molecular complexity index is 1460. The Hall–Kier alpha value is -3.85. The van der Waals surface area contributed by atoms with E-state index in [-0.39, 0.29) is 29.9 Å². The van der Waals surface area contributed by atoms with Crippen LogP contribution in [0.1, 0.15) is 63.6 Å². The van der Waals surface area contributed by atoms with Crippen molar-refractivity contribution in [1.82, 2.24) is 9.80 Å². The second kappa shape index (κ2) is 11.0. The molecule has 4 aliphatic rings. The van der Waals surface area contributed by atoms with Crippen LogP contribution in [0.15, 0.2) is 53.9 Å². The van der Waals surface area contributed by atoms with Gasteiger partial charge in [-0.3, -0.25) is 19.3 Å². The Labute approximate surface area is 252 Å². The van der Waals surface area contributed by atoms with E-state index in [9.17, 15) is 14.4 Å². The van der Waals surface area contributed by atoms with Gasteiger partial charge in [-0.15, -0.1) is 6.58 Å². The lowest BCUT2D eigenvalue weighted by Gasteiger charge is -2.65. The van der Waals surface area contributed by atoms with Gasteiger partial charge >= 0.3 is 11.9 Å². The Balaban J connectivity index is 1.52. The van der Waals surface area contributed by atoms with Crippen molar-refractivity contribution in [2.45, 2.75) is 82.6 Å². The molecule has 1 amide bonds. The minimum atomic E-state index is -0.881. The molecule has 0 unspecified atom stereocenters. The number of amides is 1. The summed E-state index contributed by atoms with van der Waals surface area (Å²) in [6, 6.07) is 5.22. The van der Waals surface area contributed by atoms with Gasteiger partial charge in [0.05, 0.1) is 30.0 Å². The van der Waals surface area contributed by atoms with Crippen LogP contribution in [0.2, 0.25) is 0 Å². The standard InChI is InChI=1S/C34H40N2O7/c1-6-15-35-16-14-33-30-25-8-9-27(41-22(4)37)31(30)42-32(33)26(11-13-34(33,28(35)18-25)43-23(5)38)36(19-21(2)3)29(39)10-7-24-12-17-40-20-24/h6-10,12,17,20-21,26,28,32H,1,11,13-16,18-19H2,2-5H3/b10-7+/t26-,28-,32+,33+,34-/m1/s1. The number of esters is 2. The number of hydrogen-bond donors (Lipinski definition) is 0. The molecule has 1 saturated heterocycles. The summed E-state index contributed by atoms with van der Waals surface area (Å²) in [6.07, 6.45) is 10.4. The second-order valence-electron chi connectivity index (χ2n) is 12.6. The van der Waals surface area contributed by atoms with Crippen LogP contribution < -0.4 is 9.47 Å². The molecular weight excluding hydrogens is 548 g/mol. The van der Waals surface area contributed by atoms with Crippen LogP contribution in [0, 0.1) is 5.92 Å². The summed E-state index contributed by atoms with van der Waals surface area (Å²) < 4.78 is 24.3. The average molecular weight is 589 g/mol. The Morgan fingerprint density at radius 1 is 1.19 bits per heavy atom. The first-order chi connectivity index (χ1) is 20.6. The van der Waals surface area contributed by atoms with Gasteiger partial charge in [-0.1, -0.05) is 26.0 Å². The van der Waals surface area contributed by atoms with Gasteiger partial charge in [0, 0.05) is 50.7 Å². The number of carbonyl (C=O) groups is 3. The second-order valence-corrected chi connectivity index (χ2v) is 12.6. The van der Waals surface area contributed by atoms with Gasteiger partial charge < -0.3 is 23.5 Å². The van der Waals surface area contributed by atoms with Crippen molar-refractivity contribution in [3.63, 3.8) is 0 Å². The van der Waals surface area contributed by atoms with E-state index >= 15 is 0 Å². The van der Waals surface area contributed by atoms with E-state index in [0.29, 0.717) is 50.3 Å². The number of likely N-dealkylation sites (tertiary alicyclic amines) is 1. The van der Waals surface area contributed by atoms with E-state index in [1.165, 1.54) is 13.8 Å². The largest absolute Gasteiger partial charge is 0.483 e. The highest BCUT2D eigenvalue weighted by atomic mass is 16.6. The summed E-state index contributed by atoms with van der Waals surface area (Å²) in [5.41, 5.74) is 1.25. The maximum atomic E-state index is 14.0. The lowest BCUT2D eigenvalue weighted by atomic mass is 9.48. The quantitative estimate of drug-likeness (QED) is 0.180. The maximum absolute atomic E-state index is 14.0. The smallest absolute Gasteiger partial charge is 0.308 e. The molecule has 1 saturated carbocycles. The van der Waals surface area contributed by atoms with Crippen molar-refractivity contribution in [3.8, 4) is 11.5 Å². The van der Waals surface area contributed by atoms with Crippen LogP contribution in [0.3, 0.4) is 0 Å². The van der Waals surface area contributed by atoms with Crippen molar-refractivity contribution in [2.24, 2.45) is 5.92 Å². The summed E-state index contributed by atoms with van der Waals surface area (Å²) in [4.78, 5) is 43.3. The van der Waals surface area contributed by atoms with Crippen molar-refractivity contribution in [2.75, 3.05) is 19.6 Å². The molecule has 1 aromatic carbocycles. The normalized spacial score (nSPS) is 28.7. The van der Waals surface area contributed by atoms with Gasteiger partial charge in [0.2, 0.25) is 5.91 Å². The zero-order chi connectivity index (χ0) is 30.5. The van der Waals surface area contributed by atoms with Gasteiger partial charge in [0.15, 0.2) is 11.5 Å². The van der Waals surface area contributed by atoms with E-state index < -0.39 is 23.1 Å². The third-order valence-electron chi connectivity index (χ3n) is 9.64. The molecule has 2 aromatic rings. The van der Waals surface area contributed by atoms with Crippen LogP contribution in [-0.2, 0) is 31.0 Å². The molecule has 1 spiro atoms. The Kier molecular flexibility index (Phi) is 7.49. The number of benzene rings is 1. The van der Waals surface area contributed by atoms with Gasteiger partial charge in [-0.25, -0.2) is 0 Å². The number of hydrogen-bond acceptors (Lipinski definition) is 8. The molecule has 5 atom stereocenters. The predicted octanol–water partition coefficient (Wildman–Crippen LogP) is 4.68. The van der Waals surface area contributed by atoms with Crippen LogP contribution in [0.4, 0.5) is 0 Å². The summed E-state index contributed by atoms with van der Waals surface area (Å²) in [5, 5.41) is 0. The summed E-state index contributed by atoms with van der Waals surface area (Å²) >= 11 is 0. The van der Waals surface area contributed by atoms with E-state index in [2.05, 4.69) is 25.3 Å². The molecular formula is C34H40N2O7. The number of furan rings is 1. The number of ether oxygens (including phenoxy) is 3. The van der Waals surface area contributed by atoms with Crippen molar-refractivity contribution < 1.29 is 33.0 Å². The highest BCUT2D eigenvalue weighted by molar-refractivity contribution is 5.92. The fraction of sp³-hybridized carbons (Fsp3) is 0.500. The van der Waals surface area contributed by atoms with Gasteiger partial charge in [0.1, 0.15) is 11.7 Å². The van der Waals surface area contributed by atoms with E-state index in [4.69, 9.17) is 18.6 Å². The molecule has 9 heteroatoms. The molecule has 43 heavy (non-hydrogen) atoms. The summed E-state index contributed by atoms with van der Waals surface area (Å²) in [5.74, 6) is 0.196. The first kappa shape index (κ1) is 29.2. The molecule has 2 bridgehead atoms. The topological polar surface area (TPSA) is 98.5 Å². The van der Waals surface area contributed by atoms with E-state index in [0.717, 1.165) is 23.2 Å². The van der Waals surface area contributed by atoms with E-state index in [1.807, 2.05) is 17.0 Å². The molecule has 1 aromatic heterocycles. The molecule has 6 rings (SSSR count). The SMILES string of the molecule is C=CCN1CC[C@]23c4c5ccc(OC(C)=O)c4O[C@H]2[C@H](N(CC(C)C)C(=O)/C=C/c2ccoc2)CC[C@@]3(OC(C)=O)[C@H]1C5. The van der Waals surface area contributed by atoms with Crippen molar-refractivity contribution in [1.29, 1.82) is 0 Å². The molecule has 9 nitrogen and oxygen atoms in total. The molecule has 0 N–H and O–H groups in total. The van der Waals surface area contributed by atoms with Gasteiger partial charge in [0.25, 0.3) is 0 Å². The fourth-order valence-electron chi connectivity index (χ4n) is 8.38. The third-order valence-corrected chi connectivity index (χ3v) is 9.64. The Morgan fingerprint density at radius 3 is 2.67 bits per heavy atom. The fourth-order valence-corrected chi connectivity index (χ4v) is 8.38. The lowest BCUT2D eigenvalue weighted by molar-refractivity contribution is -0.223. The number of nitrogens with zero attached hydrogens (tertiary/aromatic N) is 2. The molecule has 2 fully saturated rings. The number of piperidine rings is 1. The molecule has 228 valence electrons. The van der Waals surface area contributed by atoms with Crippen LogP contribution >= 0.6 is 0 Å². The lowest BCUT2D eigenvalue weighted by Crippen LogP contribution is -2.79. The minimum Gasteiger partial charge on any atom is -0.483 e. The molecule has 2 aliphatic carbocycles. The number of rotatable bonds is 9. The summed E-state index contributed by atoms with van der Waals surface area (Å²) in [7, 11) is 0. The van der Waals surface area contributed by atoms with Crippen LogP contribution in [-0.4, -0.2) is 71.1 Å². The zero-order valence-corrected chi connectivity index (χ0v) is 25.3. The van der Waals surface area contributed by atoms with Gasteiger partial charge in [-0.05, 0) is 55.4 Å². The summed E-state index contributed by atoms with van der Waals surface area (Å²) in [6.45, 7) is 13.0. The number of carbonyl (C=O) groups excluding carboxylic acids is 3. The average Bonchev–Trinajstić information content (AvgIpc) is 3.58. The van der Waals surface area contributed by atoms with Gasteiger partial charge in [-0.2, -0.15) is 0 Å². The molecule has 3 heterocycles. The van der Waals surface area contributed by atoms with Crippen molar-refractivity contribution in [3.05, 3.63) is 66.1 Å². The first-order valence-corrected chi connectivity index (χ1v) is 15.2. The molecule has 2 aliphatic heterocycles. The monoisotopic (exact) mass is 588 g/mol. The predicted molar refractivity (Wildman–Crippen MR) is 160 cm³/mol. The highest BCUT2D eigenvalue weighted by Crippen LogP contribution is 2.67. The molecule has 0 radical (unpaired) electrons. The van der Waals surface area contributed by atoms with E-state index in [1.54, 1.807) is 36.8 Å². The minimum absolute atomic E-state index is 0.0940. The van der Waals surface area contributed by atoms with Crippen LogP contribution in [0.5, 0.6) is 11.5 Å². The highest BCUT2D eigenvalue weighted by Gasteiger charge is 2.75.